The molecule has 7 heteroatoms. The maximum atomic E-state index is 10.7. The Labute approximate surface area is 112 Å². The predicted molar refractivity (Wildman–Crippen MR) is 73.4 cm³/mol. The SMILES string of the molecule is Cc1nc(NCCN2CCNCC2)ccc1[N+](=O)[O-]. The lowest BCUT2D eigenvalue weighted by Gasteiger charge is -2.27. The van der Waals surface area contributed by atoms with Crippen LogP contribution in [-0.2, 0) is 0 Å². The molecule has 0 aliphatic carbocycles. The van der Waals surface area contributed by atoms with Crippen LogP contribution in [0.25, 0.3) is 0 Å². The van der Waals surface area contributed by atoms with Gasteiger partial charge in [-0.15, -0.1) is 0 Å². The van der Waals surface area contributed by atoms with Crippen LogP contribution >= 0.6 is 0 Å². The van der Waals surface area contributed by atoms with Gasteiger partial charge >= 0.3 is 0 Å². The lowest BCUT2D eigenvalue weighted by atomic mass is 10.3. The maximum Gasteiger partial charge on any atom is 0.290 e. The Morgan fingerprint density at radius 2 is 2.21 bits per heavy atom. The second kappa shape index (κ2) is 6.44. The third-order valence-corrected chi connectivity index (χ3v) is 3.20. The van der Waals surface area contributed by atoms with Gasteiger partial charge in [0.2, 0.25) is 0 Å². The normalized spacial score (nSPS) is 16.3. The topological polar surface area (TPSA) is 83.3 Å². The van der Waals surface area contributed by atoms with Gasteiger partial charge in [-0.05, 0) is 13.0 Å². The van der Waals surface area contributed by atoms with E-state index in [-0.39, 0.29) is 5.69 Å². The number of rotatable bonds is 5. The standard InChI is InChI=1S/C12H19N5O2/c1-10-11(17(18)19)2-3-12(15-10)14-6-9-16-7-4-13-5-8-16/h2-3,13H,4-9H2,1H3,(H,14,15). The third kappa shape index (κ3) is 3.87. The summed E-state index contributed by atoms with van der Waals surface area (Å²) in [6.07, 6.45) is 0. The lowest BCUT2D eigenvalue weighted by Crippen LogP contribution is -2.45. The first kappa shape index (κ1) is 13.7. The molecule has 0 amide bonds. The number of aromatic nitrogens is 1. The number of nitro groups is 1. The van der Waals surface area contributed by atoms with E-state index in [1.54, 1.807) is 13.0 Å². The van der Waals surface area contributed by atoms with Crippen LogP contribution in [0.15, 0.2) is 12.1 Å². The van der Waals surface area contributed by atoms with Crippen molar-refractivity contribution in [2.24, 2.45) is 0 Å². The van der Waals surface area contributed by atoms with Crippen LogP contribution in [0.1, 0.15) is 5.69 Å². The average molecular weight is 265 g/mol. The highest BCUT2D eigenvalue weighted by molar-refractivity contribution is 5.44. The van der Waals surface area contributed by atoms with Crippen LogP contribution in [0.2, 0.25) is 0 Å². The Kier molecular flexibility index (Phi) is 4.64. The van der Waals surface area contributed by atoms with Crippen LogP contribution in [0.5, 0.6) is 0 Å². The van der Waals surface area contributed by atoms with Gasteiger partial charge in [0.1, 0.15) is 11.5 Å². The number of hydrogen-bond acceptors (Lipinski definition) is 6. The Bertz CT molecular complexity index is 446. The minimum atomic E-state index is -0.410. The molecule has 2 rings (SSSR count). The molecule has 1 aliphatic heterocycles. The van der Waals surface area contributed by atoms with Crippen LogP contribution in [0.3, 0.4) is 0 Å². The van der Waals surface area contributed by atoms with Crippen molar-refractivity contribution in [3.63, 3.8) is 0 Å². The summed E-state index contributed by atoms with van der Waals surface area (Å²) in [5.41, 5.74) is 0.504. The molecule has 0 atom stereocenters. The molecule has 19 heavy (non-hydrogen) atoms. The van der Waals surface area contributed by atoms with Crippen LogP contribution in [0.4, 0.5) is 11.5 Å². The van der Waals surface area contributed by atoms with E-state index in [0.717, 1.165) is 39.3 Å². The van der Waals surface area contributed by atoms with Gasteiger partial charge in [-0.25, -0.2) is 4.98 Å². The van der Waals surface area contributed by atoms with Crippen molar-refractivity contribution in [2.75, 3.05) is 44.6 Å². The molecule has 0 radical (unpaired) electrons. The van der Waals surface area contributed by atoms with E-state index in [4.69, 9.17) is 0 Å². The van der Waals surface area contributed by atoms with Gasteiger partial charge in [-0.1, -0.05) is 0 Å². The summed E-state index contributed by atoms with van der Waals surface area (Å²) in [5, 5.41) is 17.2. The summed E-state index contributed by atoms with van der Waals surface area (Å²) < 4.78 is 0. The molecule has 0 bridgehead atoms. The number of pyridine rings is 1. The summed E-state index contributed by atoms with van der Waals surface area (Å²) in [6, 6.07) is 3.15. The predicted octanol–water partition coefficient (Wildman–Crippen LogP) is 0.615. The van der Waals surface area contributed by atoms with E-state index in [1.165, 1.54) is 6.07 Å². The number of piperazine rings is 1. The van der Waals surface area contributed by atoms with E-state index in [2.05, 4.69) is 20.5 Å². The molecule has 2 N–H and O–H groups in total. The number of anilines is 1. The van der Waals surface area contributed by atoms with Gasteiger partial charge in [0.05, 0.1) is 4.92 Å². The average Bonchev–Trinajstić information content (AvgIpc) is 2.39. The molecule has 0 spiro atoms. The molecule has 104 valence electrons. The molecular formula is C12H19N5O2. The number of nitrogens with zero attached hydrogens (tertiary/aromatic N) is 3. The molecule has 0 saturated carbocycles. The highest BCUT2D eigenvalue weighted by Crippen LogP contribution is 2.17. The fourth-order valence-corrected chi connectivity index (χ4v) is 2.12. The smallest absolute Gasteiger partial charge is 0.290 e. The van der Waals surface area contributed by atoms with Crippen molar-refractivity contribution in [2.45, 2.75) is 6.92 Å². The van der Waals surface area contributed by atoms with E-state index in [9.17, 15) is 10.1 Å². The number of aryl methyl sites for hydroxylation is 1. The van der Waals surface area contributed by atoms with Crippen LogP contribution in [-0.4, -0.2) is 54.1 Å². The van der Waals surface area contributed by atoms with Gasteiger partial charge in [-0.3, -0.25) is 15.0 Å². The molecule has 7 nitrogen and oxygen atoms in total. The summed E-state index contributed by atoms with van der Waals surface area (Å²) in [7, 11) is 0. The summed E-state index contributed by atoms with van der Waals surface area (Å²) in [6.45, 7) is 7.61. The van der Waals surface area contributed by atoms with E-state index >= 15 is 0 Å². The lowest BCUT2D eigenvalue weighted by molar-refractivity contribution is -0.385. The second-order valence-electron chi connectivity index (χ2n) is 4.58. The third-order valence-electron chi connectivity index (χ3n) is 3.20. The zero-order valence-electron chi connectivity index (χ0n) is 11.1. The summed E-state index contributed by atoms with van der Waals surface area (Å²) in [4.78, 5) is 16.8. The molecule has 2 heterocycles. The van der Waals surface area contributed by atoms with E-state index < -0.39 is 4.92 Å². The van der Waals surface area contributed by atoms with Crippen molar-refractivity contribution in [3.05, 3.63) is 27.9 Å². The van der Waals surface area contributed by atoms with Crippen molar-refractivity contribution >= 4 is 11.5 Å². The van der Waals surface area contributed by atoms with Gasteiger partial charge in [0.25, 0.3) is 5.69 Å². The Hall–Kier alpha value is -1.73. The monoisotopic (exact) mass is 265 g/mol. The van der Waals surface area contributed by atoms with Gasteiger partial charge in [0, 0.05) is 45.3 Å². The number of hydrogen-bond donors (Lipinski definition) is 2. The van der Waals surface area contributed by atoms with Crippen LogP contribution < -0.4 is 10.6 Å². The second-order valence-corrected chi connectivity index (χ2v) is 4.58. The number of nitrogens with one attached hydrogen (secondary N) is 2. The maximum absolute atomic E-state index is 10.7. The Morgan fingerprint density at radius 3 is 2.84 bits per heavy atom. The van der Waals surface area contributed by atoms with Gasteiger partial charge in [-0.2, -0.15) is 0 Å². The summed E-state index contributed by atoms with van der Waals surface area (Å²) in [5.74, 6) is 0.693. The molecule has 1 saturated heterocycles. The first-order valence-corrected chi connectivity index (χ1v) is 6.46. The van der Waals surface area contributed by atoms with Gasteiger partial charge < -0.3 is 10.6 Å². The Balaban J connectivity index is 1.82. The zero-order chi connectivity index (χ0) is 13.7. The van der Waals surface area contributed by atoms with E-state index in [0.29, 0.717) is 11.5 Å². The molecule has 1 aromatic rings. The molecule has 1 aromatic heterocycles. The van der Waals surface area contributed by atoms with Crippen molar-refractivity contribution < 1.29 is 4.92 Å². The molecular weight excluding hydrogens is 246 g/mol. The van der Waals surface area contributed by atoms with Crippen molar-refractivity contribution in [3.8, 4) is 0 Å². The van der Waals surface area contributed by atoms with Crippen molar-refractivity contribution in [1.82, 2.24) is 15.2 Å². The van der Waals surface area contributed by atoms with Crippen molar-refractivity contribution in [1.29, 1.82) is 0 Å². The van der Waals surface area contributed by atoms with Gasteiger partial charge in [0.15, 0.2) is 0 Å². The fraction of sp³-hybridized carbons (Fsp3) is 0.583. The van der Waals surface area contributed by atoms with Crippen LogP contribution in [0, 0.1) is 17.0 Å². The first-order valence-electron chi connectivity index (χ1n) is 6.46. The Morgan fingerprint density at radius 1 is 1.47 bits per heavy atom. The largest absolute Gasteiger partial charge is 0.369 e. The minimum absolute atomic E-state index is 0.0626. The molecule has 1 aliphatic rings. The zero-order valence-corrected chi connectivity index (χ0v) is 11.1. The molecule has 0 unspecified atom stereocenters. The molecule has 1 fully saturated rings. The fourth-order valence-electron chi connectivity index (χ4n) is 2.12. The highest BCUT2D eigenvalue weighted by Gasteiger charge is 2.12. The quantitative estimate of drug-likeness (QED) is 0.599. The minimum Gasteiger partial charge on any atom is -0.369 e. The first-order chi connectivity index (χ1) is 9.16. The summed E-state index contributed by atoms with van der Waals surface area (Å²) >= 11 is 0. The van der Waals surface area contributed by atoms with E-state index in [1.807, 2.05) is 0 Å². The highest BCUT2D eigenvalue weighted by atomic mass is 16.6. The molecule has 0 aromatic carbocycles.